The molecule has 0 radical (unpaired) electrons. The Bertz CT molecular complexity index is 1140. The Balaban J connectivity index is 1.39. The molecule has 1 aliphatic carbocycles. The van der Waals surface area contributed by atoms with Gasteiger partial charge in [0, 0.05) is 30.4 Å². The molecule has 3 aromatic rings. The maximum absolute atomic E-state index is 13.4. The Morgan fingerprint density at radius 3 is 2.71 bits per heavy atom. The summed E-state index contributed by atoms with van der Waals surface area (Å²) in [6.45, 7) is 0.699. The molecule has 178 valence electrons. The molecular formula is C25H26ClFN4O3. The van der Waals surface area contributed by atoms with Gasteiger partial charge in [0.25, 0.3) is 0 Å². The fourth-order valence-corrected chi connectivity index (χ4v) is 4.30. The van der Waals surface area contributed by atoms with Crippen LogP contribution in [0.1, 0.15) is 31.2 Å². The molecule has 2 aromatic heterocycles. The minimum atomic E-state index is -0.977. The number of carbonyl (C=O) groups is 1. The van der Waals surface area contributed by atoms with Crippen LogP contribution in [0.3, 0.4) is 0 Å². The standard InChI is InChI=1S/C25H26ClFN4O3/c26-21-14-28-23(30-19-9-7-16(8-10-19)13-29-25(32)33)12-20(21)22-5-2-6-24(31-22)34-15-17-3-1-4-18(27)11-17/h1-6,11-12,14,16,19,29H,7-10,13,15H2,(H,28,30)(H,32,33)/t16-,19-. The molecule has 7 nitrogen and oxygen atoms in total. The van der Waals surface area contributed by atoms with Crippen LogP contribution in [0.15, 0.2) is 54.7 Å². The van der Waals surface area contributed by atoms with Gasteiger partial charge in [-0.15, -0.1) is 0 Å². The number of pyridine rings is 2. The molecule has 0 spiro atoms. The van der Waals surface area contributed by atoms with Gasteiger partial charge >= 0.3 is 6.09 Å². The number of hydrogen-bond acceptors (Lipinski definition) is 5. The van der Waals surface area contributed by atoms with Crippen molar-refractivity contribution in [3.05, 3.63) is 71.1 Å². The number of anilines is 1. The van der Waals surface area contributed by atoms with Gasteiger partial charge in [0.2, 0.25) is 5.88 Å². The number of nitrogens with one attached hydrogen (secondary N) is 2. The predicted octanol–water partition coefficient (Wildman–Crippen LogP) is 5.75. The number of aromatic nitrogens is 2. The van der Waals surface area contributed by atoms with E-state index in [2.05, 4.69) is 20.6 Å². The highest BCUT2D eigenvalue weighted by Crippen LogP contribution is 2.31. The molecule has 0 saturated heterocycles. The summed E-state index contributed by atoms with van der Waals surface area (Å²) in [7, 11) is 0. The highest BCUT2D eigenvalue weighted by Gasteiger charge is 2.22. The molecule has 0 unspecified atom stereocenters. The monoisotopic (exact) mass is 484 g/mol. The minimum absolute atomic E-state index is 0.204. The van der Waals surface area contributed by atoms with E-state index in [0.717, 1.165) is 31.2 Å². The zero-order valence-corrected chi connectivity index (χ0v) is 19.3. The van der Waals surface area contributed by atoms with E-state index in [-0.39, 0.29) is 18.5 Å². The molecule has 0 aliphatic heterocycles. The smallest absolute Gasteiger partial charge is 0.404 e. The van der Waals surface area contributed by atoms with Crippen LogP contribution in [-0.2, 0) is 6.61 Å². The fourth-order valence-electron chi connectivity index (χ4n) is 4.09. The van der Waals surface area contributed by atoms with Crippen molar-refractivity contribution in [2.75, 3.05) is 11.9 Å². The third-order valence-corrected chi connectivity index (χ3v) is 6.17. The molecule has 1 amide bonds. The van der Waals surface area contributed by atoms with Crippen molar-refractivity contribution in [2.24, 2.45) is 5.92 Å². The molecule has 4 rings (SSSR count). The first kappa shape index (κ1) is 23.8. The first-order valence-corrected chi connectivity index (χ1v) is 11.6. The van der Waals surface area contributed by atoms with Crippen LogP contribution in [0.25, 0.3) is 11.3 Å². The van der Waals surface area contributed by atoms with E-state index in [1.54, 1.807) is 24.4 Å². The summed E-state index contributed by atoms with van der Waals surface area (Å²) in [6, 6.07) is 13.8. The number of nitrogens with zero attached hydrogens (tertiary/aromatic N) is 2. The molecule has 1 saturated carbocycles. The van der Waals surface area contributed by atoms with Crippen LogP contribution < -0.4 is 15.4 Å². The Morgan fingerprint density at radius 2 is 1.94 bits per heavy atom. The van der Waals surface area contributed by atoms with Crippen LogP contribution in [0.5, 0.6) is 5.88 Å². The van der Waals surface area contributed by atoms with Crippen LogP contribution in [0.2, 0.25) is 5.02 Å². The minimum Gasteiger partial charge on any atom is -0.473 e. The summed E-state index contributed by atoms with van der Waals surface area (Å²) >= 11 is 6.43. The normalized spacial score (nSPS) is 17.7. The Hall–Kier alpha value is -3.39. The molecular weight excluding hydrogens is 459 g/mol. The van der Waals surface area contributed by atoms with Gasteiger partial charge in [-0.3, -0.25) is 0 Å². The Labute approximate surface area is 202 Å². The average Bonchev–Trinajstić information content (AvgIpc) is 2.84. The van der Waals surface area contributed by atoms with Crippen LogP contribution in [0.4, 0.5) is 15.0 Å². The number of benzene rings is 1. The lowest BCUT2D eigenvalue weighted by Crippen LogP contribution is -2.33. The number of ether oxygens (including phenoxy) is 1. The summed E-state index contributed by atoms with van der Waals surface area (Å²) in [5, 5.41) is 15.2. The molecule has 0 atom stereocenters. The molecule has 9 heteroatoms. The van der Waals surface area contributed by atoms with Gasteiger partial charge in [0.05, 0.1) is 10.7 Å². The first-order chi connectivity index (χ1) is 16.5. The van der Waals surface area contributed by atoms with Crippen molar-refractivity contribution in [1.29, 1.82) is 0 Å². The van der Waals surface area contributed by atoms with E-state index in [1.165, 1.54) is 12.1 Å². The van der Waals surface area contributed by atoms with Crippen molar-refractivity contribution in [3.8, 4) is 17.1 Å². The zero-order valence-electron chi connectivity index (χ0n) is 18.5. The summed E-state index contributed by atoms with van der Waals surface area (Å²) in [5.41, 5.74) is 2.10. The fraction of sp³-hybridized carbons (Fsp3) is 0.320. The second kappa shape index (κ2) is 11.2. The second-order valence-electron chi connectivity index (χ2n) is 8.38. The van der Waals surface area contributed by atoms with Gasteiger partial charge in [0.15, 0.2) is 0 Å². The molecule has 1 aliphatic rings. The number of carboxylic acid groups (broad SMARTS) is 1. The third kappa shape index (κ3) is 6.57. The highest BCUT2D eigenvalue weighted by molar-refractivity contribution is 6.33. The molecule has 2 heterocycles. The molecule has 0 bridgehead atoms. The maximum Gasteiger partial charge on any atom is 0.404 e. The average molecular weight is 485 g/mol. The van der Waals surface area contributed by atoms with E-state index in [0.29, 0.717) is 40.4 Å². The lowest BCUT2D eigenvalue weighted by molar-refractivity contribution is 0.190. The topological polar surface area (TPSA) is 96.4 Å². The van der Waals surface area contributed by atoms with Crippen molar-refractivity contribution in [1.82, 2.24) is 15.3 Å². The number of hydrogen-bond donors (Lipinski definition) is 3. The van der Waals surface area contributed by atoms with Gasteiger partial charge in [-0.05, 0) is 61.4 Å². The number of halogens is 2. The first-order valence-electron chi connectivity index (χ1n) is 11.2. The van der Waals surface area contributed by atoms with Crippen molar-refractivity contribution in [3.63, 3.8) is 0 Å². The predicted molar refractivity (Wildman–Crippen MR) is 129 cm³/mol. The van der Waals surface area contributed by atoms with Crippen LogP contribution in [0, 0.1) is 11.7 Å². The summed E-state index contributed by atoms with van der Waals surface area (Å²) in [4.78, 5) is 19.7. The zero-order chi connectivity index (χ0) is 23.9. The SMILES string of the molecule is O=C(O)NC[C@H]1CC[C@H](Nc2cc(-c3cccc(OCc4cccc(F)c4)n3)c(Cl)cn2)CC1. The summed E-state index contributed by atoms with van der Waals surface area (Å²) in [5.74, 6) is 1.18. The van der Waals surface area contributed by atoms with E-state index in [1.807, 2.05) is 18.2 Å². The van der Waals surface area contributed by atoms with E-state index >= 15 is 0 Å². The van der Waals surface area contributed by atoms with Crippen molar-refractivity contribution < 1.29 is 19.0 Å². The lowest BCUT2D eigenvalue weighted by Gasteiger charge is -2.29. The van der Waals surface area contributed by atoms with Gasteiger partial charge in [-0.25, -0.2) is 19.2 Å². The molecule has 1 fully saturated rings. The second-order valence-corrected chi connectivity index (χ2v) is 8.78. The Kier molecular flexibility index (Phi) is 7.80. The quantitative estimate of drug-likeness (QED) is 0.376. The van der Waals surface area contributed by atoms with Crippen molar-refractivity contribution in [2.45, 2.75) is 38.3 Å². The maximum atomic E-state index is 13.4. The van der Waals surface area contributed by atoms with Gasteiger partial charge in [-0.1, -0.05) is 29.8 Å². The van der Waals surface area contributed by atoms with Gasteiger partial charge in [-0.2, -0.15) is 0 Å². The summed E-state index contributed by atoms with van der Waals surface area (Å²) in [6.07, 6.45) is 4.40. The number of rotatable bonds is 8. The van der Waals surface area contributed by atoms with Crippen molar-refractivity contribution >= 4 is 23.5 Å². The lowest BCUT2D eigenvalue weighted by atomic mass is 9.86. The Morgan fingerprint density at radius 1 is 1.15 bits per heavy atom. The third-order valence-electron chi connectivity index (χ3n) is 5.87. The van der Waals surface area contributed by atoms with E-state index < -0.39 is 6.09 Å². The number of amides is 1. The molecule has 1 aromatic carbocycles. The highest BCUT2D eigenvalue weighted by atomic mass is 35.5. The largest absolute Gasteiger partial charge is 0.473 e. The van der Waals surface area contributed by atoms with E-state index in [4.69, 9.17) is 21.4 Å². The molecule has 34 heavy (non-hydrogen) atoms. The molecule has 3 N–H and O–H groups in total. The van der Waals surface area contributed by atoms with E-state index in [9.17, 15) is 9.18 Å². The van der Waals surface area contributed by atoms with Gasteiger partial charge < -0.3 is 20.5 Å². The van der Waals surface area contributed by atoms with Crippen LogP contribution >= 0.6 is 11.6 Å². The van der Waals surface area contributed by atoms with Crippen LogP contribution in [-0.4, -0.2) is 33.8 Å². The summed E-state index contributed by atoms with van der Waals surface area (Å²) < 4.78 is 19.1. The van der Waals surface area contributed by atoms with Gasteiger partial charge in [0.1, 0.15) is 18.2 Å².